The largest absolute Gasteiger partial charge is 0.371 e. The molecule has 0 radical (unpaired) electrons. The Morgan fingerprint density at radius 2 is 1.72 bits per heavy atom. The van der Waals surface area contributed by atoms with Crippen molar-refractivity contribution >= 4 is 18.3 Å². The van der Waals surface area contributed by atoms with Crippen molar-refractivity contribution in [1.29, 1.82) is 5.26 Å². The zero-order valence-electron chi connectivity index (χ0n) is 10.5. The average Bonchev–Trinajstić information content (AvgIpc) is 2.33. The molecule has 18 heavy (non-hydrogen) atoms. The van der Waals surface area contributed by atoms with E-state index in [-0.39, 0.29) is 44.4 Å². The van der Waals surface area contributed by atoms with Crippen molar-refractivity contribution in [2.75, 3.05) is 26.8 Å². The van der Waals surface area contributed by atoms with Crippen molar-refractivity contribution in [3.63, 3.8) is 0 Å². The number of aliphatic hydroxyl groups is 2. The highest BCUT2D eigenvalue weighted by atomic mass is 35.5. The van der Waals surface area contributed by atoms with E-state index < -0.39 is 5.91 Å². The lowest BCUT2D eigenvalue weighted by Gasteiger charge is -2.04. The van der Waals surface area contributed by atoms with Crippen molar-refractivity contribution in [2.45, 2.75) is 13.8 Å². The highest BCUT2D eigenvalue weighted by Crippen LogP contribution is 1.92. The molecule has 2 unspecified atom stereocenters. The first-order valence-electron chi connectivity index (χ1n) is 5.05. The highest BCUT2D eigenvalue weighted by Gasteiger charge is 2.06. The van der Waals surface area contributed by atoms with Gasteiger partial charge in [-0.05, 0) is 6.92 Å². The van der Waals surface area contributed by atoms with Crippen LogP contribution >= 0.6 is 12.4 Å². The second kappa shape index (κ2) is 16.1. The Kier molecular flexibility index (Phi) is 19.9. The standard InChI is InChI=1S/C5H11NO3.C5H9NO2.ClH/c1-4(5(6)8)2-9-3-7;1-5(2-6)3-8-4-7;/h4,7H,2-3H2,1H3,(H2,6,8);5,7H,3-4H2,1H3;1H. The molecule has 0 aliphatic rings. The number of nitrogens with two attached hydrogens (primary N) is 1. The number of rotatable bonds is 7. The number of nitriles is 1. The summed E-state index contributed by atoms with van der Waals surface area (Å²) < 4.78 is 9.03. The van der Waals surface area contributed by atoms with E-state index in [1.807, 2.05) is 6.07 Å². The summed E-state index contributed by atoms with van der Waals surface area (Å²) in [7, 11) is 0. The second-order valence-corrected chi connectivity index (χ2v) is 3.33. The molecule has 0 rings (SSSR count). The molecule has 2 atom stereocenters. The summed E-state index contributed by atoms with van der Waals surface area (Å²) in [5.41, 5.74) is 4.88. The number of ether oxygens (including phenoxy) is 2. The molecule has 0 aromatic carbocycles. The van der Waals surface area contributed by atoms with Crippen molar-refractivity contribution < 1.29 is 24.5 Å². The van der Waals surface area contributed by atoms with Crippen LogP contribution in [0, 0.1) is 23.2 Å². The first-order valence-corrected chi connectivity index (χ1v) is 5.05. The van der Waals surface area contributed by atoms with Gasteiger partial charge in [0.2, 0.25) is 5.91 Å². The molecule has 8 heteroatoms. The summed E-state index contributed by atoms with van der Waals surface area (Å²) in [6, 6.07) is 1.96. The SMILES string of the molecule is CC(C#N)COCO.CC(COCO)C(N)=O.Cl. The number of primary amides is 1. The molecule has 4 N–H and O–H groups in total. The Bertz CT molecular complexity index is 235. The number of hydrogen-bond acceptors (Lipinski definition) is 6. The van der Waals surface area contributed by atoms with Crippen LogP contribution in [0.4, 0.5) is 0 Å². The van der Waals surface area contributed by atoms with E-state index in [2.05, 4.69) is 9.47 Å². The Hall–Kier alpha value is -0.910. The van der Waals surface area contributed by atoms with Gasteiger partial charge in [0.15, 0.2) is 0 Å². The predicted molar refractivity (Wildman–Crippen MR) is 66.5 cm³/mol. The maximum atomic E-state index is 10.3. The fraction of sp³-hybridized carbons (Fsp3) is 0.800. The van der Waals surface area contributed by atoms with E-state index in [1.165, 1.54) is 0 Å². The third kappa shape index (κ3) is 17.5. The number of carbonyl (C=O) groups is 1. The first-order chi connectivity index (χ1) is 7.99. The van der Waals surface area contributed by atoms with Crippen molar-refractivity contribution in [3.05, 3.63) is 0 Å². The molecule has 1 amide bonds. The van der Waals surface area contributed by atoms with E-state index in [0.717, 1.165) is 0 Å². The lowest BCUT2D eigenvalue weighted by atomic mass is 10.2. The van der Waals surface area contributed by atoms with Crippen molar-refractivity contribution in [2.24, 2.45) is 17.6 Å². The Labute approximate surface area is 113 Å². The monoisotopic (exact) mass is 284 g/mol. The third-order valence-electron chi connectivity index (χ3n) is 1.62. The summed E-state index contributed by atoms with van der Waals surface area (Å²) in [4.78, 5) is 10.3. The fourth-order valence-electron chi connectivity index (χ4n) is 0.578. The summed E-state index contributed by atoms with van der Waals surface area (Å²) in [5.74, 6) is -0.859. The summed E-state index contributed by atoms with van der Waals surface area (Å²) in [5, 5.41) is 24.4. The average molecular weight is 285 g/mol. The maximum absolute atomic E-state index is 10.3. The van der Waals surface area contributed by atoms with E-state index in [4.69, 9.17) is 21.2 Å². The number of hydrogen-bond donors (Lipinski definition) is 3. The van der Waals surface area contributed by atoms with Crippen LogP contribution in [0.2, 0.25) is 0 Å². The van der Waals surface area contributed by atoms with Gasteiger partial charge in [-0.15, -0.1) is 12.4 Å². The van der Waals surface area contributed by atoms with Crippen molar-refractivity contribution in [3.8, 4) is 6.07 Å². The molecule has 0 saturated carbocycles. The Morgan fingerprint density at radius 1 is 1.28 bits per heavy atom. The molecule has 0 bridgehead atoms. The quantitative estimate of drug-likeness (QED) is 0.547. The fourth-order valence-corrected chi connectivity index (χ4v) is 0.578. The lowest BCUT2D eigenvalue weighted by molar-refractivity contribution is -0.124. The maximum Gasteiger partial charge on any atom is 0.222 e. The van der Waals surface area contributed by atoms with E-state index in [1.54, 1.807) is 13.8 Å². The van der Waals surface area contributed by atoms with Gasteiger partial charge in [0.05, 0.1) is 31.1 Å². The molecule has 0 aromatic rings. The van der Waals surface area contributed by atoms with Crippen LogP contribution < -0.4 is 5.73 Å². The molecular weight excluding hydrogens is 264 g/mol. The van der Waals surface area contributed by atoms with Gasteiger partial charge in [-0.25, -0.2) is 0 Å². The van der Waals surface area contributed by atoms with Gasteiger partial charge < -0.3 is 25.4 Å². The van der Waals surface area contributed by atoms with Crippen LogP contribution in [-0.4, -0.2) is 42.9 Å². The zero-order chi connectivity index (χ0) is 13.7. The van der Waals surface area contributed by atoms with E-state index in [9.17, 15) is 4.79 Å². The molecule has 0 fully saturated rings. The minimum absolute atomic E-state index is 0. The van der Waals surface area contributed by atoms with Crippen LogP contribution in [-0.2, 0) is 14.3 Å². The summed E-state index contributed by atoms with van der Waals surface area (Å²) in [6.45, 7) is 3.20. The normalized spacial score (nSPS) is 12.2. The number of carbonyl (C=O) groups excluding carboxylic acids is 1. The molecule has 7 nitrogen and oxygen atoms in total. The smallest absolute Gasteiger partial charge is 0.222 e. The van der Waals surface area contributed by atoms with E-state index in [0.29, 0.717) is 6.61 Å². The van der Waals surface area contributed by atoms with Gasteiger partial charge in [-0.1, -0.05) is 6.92 Å². The molecule has 0 spiro atoms. The van der Waals surface area contributed by atoms with Gasteiger partial charge in [-0.3, -0.25) is 4.79 Å². The molecular formula is C10H21ClN2O5. The second-order valence-electron chi connectivity index (χ2n) is 3.33. The topological polar surface area (TPSA) is 126 Å². The van der Waals surface area contributed by atoms with Crippen LogP contribution in [0.15, 0.2) is 0 Å². The van der Waals surface area contributed by atoms with Crippen LogP contribution in [0.5, 0.6) is 0 Å². The highest BCUT2D eigenvalue weighted by molar-refractivity contribution is 5.85. The van der Waals surface area contributed by atoms with Crippen LogP contribution in [0.1, 0.15) is 13.8 Å². The molecule has 0 aliphatic carbocycles. The van der Waals surface area contributed by atoms with Gasteiger partial charge in [0.25, 0.3) is 0 Å². The first kappa shape index (κ1) is 22.3. The summed E-state index contributed by atoms with van der Waals surface area (Å²) >= 11 is 0. The number of nitrogens with zero attached hydrogens (tertiary/aromatic N) is 1. The molecule has 0 aliphatic heterocycles. The molecule has 0 saturated heterocycles. The van der Waals surface area contributed by atoms with Gasteiger partial charge in [-0.2, -0.15) is 5.26 Å². The molecule has 108 valence electrons. The van der Waals surface area contributed by atoms with E-state index >= 15 is 0 Å². The Balaban J connectivity index is -0.000000238. The van der Waals surface area contributed by atoms with Crippen molar-refractivity contribution in [1.82, 2.24) is 0 Å². The zero-order valence-corrected chi connectivity index (χ0v) is 11.4. The Morgan fingerprint density at radius 3 is 2.06 bits per heavy atom. The minimum Gasteiger partial charge on any atom is -0.371 e. The summed E-state index contributed by atoms with van der Waals surface area (Å²) in [6.07, 6.45) is 0. The molecule has 0 heterocycles. The number of aliphatic hydroxyl groups excluding tert-OH is 2. The van der Waals surface area contributed by atoms with Crippen LogP contribution in [0.25, 0.3) is 0 Å². The van der Waals surface area contributed by atoms with Gasteiger partial charge >= 0.3 is 0 Å². The lowest BCUT2D eigenvalue weighted by Crippen LogP contribution is -2.24. The minimum atomic E-state index is -0.413. The molecule has 0 aromatic heterocycles. The number of amides is 1. The number of halogens is 1. The van der Waals surface area contributed by atoms with Gasteiger partial charge in [0.1, 0.15) is 13.6 Å². The predicted octanol–water partition coefficient (Wildman–Crippen LogP) is -0.392. The third-order valence-corrected chi connectivity index (χ3v) is 1.62. The van der Waals surface area contributed by atoms with Gasteiger partial charge in [0, 0.05) is 0 Å². The van der Waals surface area contributed by atoms with Crippen LogP contribution in [0.3, 0.4) is 0 Å².